The highest BCUT2D eigenvalue weighted by Gasteiger charge is 2.19. The second-order valence-corrected chi connectivity index (χ2v) is 5.68. The zero-order chi connectivity index (χ0) is 18.1. The molecule has 0 aromatic rings. The topological polar surface area (TPSA) is 37.3 Å². The fourth-order valence-electron chi connectivity index (χ4n) is 1.97. The molecule has 0 atom stereocenters. The first-order chi connectivity index (χ1) is 11.5. The van der Waals surface area contributed by atoms with Crippen LogP contribution in [0.4, 0.5) is 8.78 Å². The van der Waals surface area contributed by atoms with Crippen molar-refractivity contribution in [2.24, 2.45) is 0 Å². The first-order valence-corrected chi connectivity index (χ1v) is 8.73. The Morgan fingerprint density at radius 2 is 1.46 bits per heavy atom. The average molecular weight is 340 g/mol. The number of alkyl halides is 2. The summed E-state index contributed by atoms with van der Waals surface area (Å²) in [7, 11) is 0. The van der Waals surface area contributed by atoms with E-state index in [4.69, 9.17) is 5.11 Å². The third-order valence-electron chi connectivity index (χ3n) is 3.29. The highest BCUT2D eigenvalue weighted by molar-refractivity contribution is 5.66. The predicted octanol–water partition coefficient (Wildman–Crippen LogP) is 6.46. The molecule has 24 heavy (non-hydrogen) atoms. The smallest absolute Gasteiger partial charge is 0.303 e. The Balaban J connectivity index is 3.84. The molecule has 0 heterocycles. The Morgan fingerprint density at radius 1 is 0.875 bits per heavy atom. The van der Waals surface area contributed by atoms with Gasteiger partial charge in [-0.15, -0.1) is 0 Å². The van der Waals surface area contributed by atoms with Gasteiger partial charge in [0.05, 0.1) is 0 Å². The van der Waals surface area contributed by atoms with Crippen LogP contribution in [-0.2, 0) is 4.79 Å². The Hall–Kier alpha value is -1.71. The first kappa shape index (κ1) is 22.3. The number of carboxylic acids is 1. The summed E-state index contributed by atoms with van der Waals surface area (Å²) in [4.78, 5) is 10.3. The molecule has 0 radical (unpaired) electrons. The van der Waals surface area contributed by atoms with E-state index in [-0.39, 0.29) is 6.42 Å². The molecule has 136 valence electrons. The molecule has 0 aliphatic carbocycles. The summed E-state index contributed by atoms with van der Waals surface area (Å²) in [6.07, 6.45) is 19.5. The summed E-state index contributed by atoms with van der Waals surface area (Å²) in [5, 5.41) is 8.45. The molecule has 0 aliphatic heterocycles. The molecule has 0 fully saturated rings. The van der Waals surface area contributed by atoms with Crippen LogP contribution in [0.1, 0.15) is 64.7 Å². The van der Waals surface area contributed by atoms with E-state index >= 15 is 0 Å². The molecule has 2 nitrogen and oxygen atoms in total. The van der Waals surface area contributed by atoms with Crippen molar-refractivity contribution in [3.05, 3.63) is 48.6 Å². The van der Waals surface area contributed by atoms with Crippen molar-refractivity contribution in [1.29, 1.82) is 0 Å². The number of carboxylic acid groups (broad SMARTS) is 1. The van der Waals surface area contributed by atoms with Crippen LogP contribution in [-0.4, -0.2) is 17.0 Å². The number of aliphatic carboxylic acids is 1. The van der Waals surface area contributed by atoms with Crippen LogP contribution in [0.15, 0.2) is 48.6 Å². The molecule has 1 N–H and O–H groups in total. The monoisotopic (exact) mass is 340 g/mol. The number of carbonyl (C=O) groups is 1. The molecule has 0 aliphatic rings. The van der Waals surface area contributed by atoms with Gasteiger partial charge >= 0.3 is 5.97 Å². The van der Waals surface area contributed by atoms with Crippen molar-refractivity contribution in [1.82, 2.24) is 0 Å². The van der Waals surface area contributed by atoms with Crippen molar-refractivity contribution < 1.29 is 18.7 Å². The minimum atomic E-state index is -2.98. The maximum Gasteiger partial charge on any atom is 0.303 e. The van der Waals surface area contributed by atoms with Crippen molar-refractivity contribution in [3.8, 4) is 0 Å². The summed E-state index contributed by atoms with van der Waals surface area (Å²) in [5.41, 5.74) is 0. The van der Waals surface area contributed by atoms with Gasteiger partial charge in [0.1, 0.15) is 0 Å². The van der Waals surface area contributed by atoms with Crippen LogP contribution in [0.2, 0.25) is 0 Å². The van der Waals surface area contributed by atoms with E-state index < -0.39 is 11.9 Å². The molecule has 0 aromatic carbocycles. The van der Waals surface area contributed by atoms with Gasteiger partial charge in [0.2, 0.25) is 0 Å². The van der Waals surface area contributed by atoms with Crippen molar-refractivity contribution in [3.63, 3.8) is 0 Å². The molecule has 0 rings (SSSR count). The zero-order valence-electron chi connectivity index (χ0n) is 14.6. The van der Waals surface area contributed by atoms with Crippen LogP contribution in [0.25, 0.3) is 0 Å². The molecule has 0 amide bonds. The molecular formula is C20H30F2O2. The fourth-order valence-corrected chi connectivity index (χ4v) is 1.97. The molecule has 0 saturated carbocycles. The highest BCUT2D eigenvalue weighted by atomic mass is 19.3. The van der Waals surface area contributed by atoms with Crippen LogP contribution < -0.4 is 0 Å². The number of hydrogen-bond acceptors (Lipinski definition) is 1. The number of allylic oxidation sites excluding steroid dienone is 8. The van der Waals surface area contributed by atoms with E-state index in [9.17, 15) is 13.6 Å². The van der Waals surface area contributed by atoms with Gasteiger partial charge in [0, 0.05) is 6.42 Å². The van der Waals surface area contributed by atoms with E-state index in [0.29, 0.717) is 19.3 Å². The third-order valence-corrected chi connectivity index (χ3v) is 3.29. The molecule has 0 aromatic heterocycles. The second kappa shape index (κ2) is 14.9. The largest absolute Gasteiger partial charge is 0.481 e. The molecule has 0 saturated heterocycles. The Morgan fingerprint density at radius 3 is 2.12 bits per heavy atom. The lowest BCUT2D eigenvalue weighted by molar-refractivity contribution is -0.137. The Kier molecular flexibility index (Phi) is 13.8. The number of halogens is 2. The lowest BCUT2D eigenvalue weighted by atomic mass is 10.2. The van der Waals surface area contributed by atoms with Gasteiger partial charge in [-0.1, -0.05) is 56.2 Å². The van der Waals surface area contributed by atoms with Gasteiger partial charge in [-0.25, -0.2) is 0 Å². The van der Waals surface area contributed by atoms with Crippen LogP contribution in [0.5, 0.6) is 0 Å². The quantitative estimate of drug-likeness (QED) is 0.291. The standard InChI is InChI=1S/C20H30F2O2/c1-2-3-4-5-6-7-8-9-10-11-14-17-20(21,22)18-15-12-13-16-19(23)24/h6-7,9-10,14-15,17-18H,2-5,8,11-13,16H2,1H3,(H,23,24)/b7-6+,10-9+,17-14+,18-15+. The highest BCUT2D eigenvalue weighted by Crippen LogP contribution is 2.18. The fraction of sp³-hybridized carbons (Fsp3) is 0.550. The average Bonchev–Trinajstić information content (AvgIpc) is 2.52. The molecule has 0 bridgehead atoms. The van der Waals surface area contributed by atoms with E-state index in [1.807, 2.05) is 12.2 Å². The lowest BCUT2D eigenvalue weighted by Gasteiger charge is -2.04. The van der Waals surface area contributed by atoms with Crippen LogP contribution in [0, 0.1) is 0 Å². The van der Waals surface area contributed by atoms with Gasteiger partial charge in [-0.05, 0) is 50.7 Å². The minimum absolute atomic E-state index is 0.00357. The number of rotatable bonds is 14. The first-order valence-electron chi connectivity index (χ1n) is 8.73. The van der Waals surface area contributed by atoms with Gasteiger partial charge in [-0.3, -0.25) is 4.79 Å². The number of unbranched alkanes of at least 4 members (excludes halogenated alkanes) is 4. The summed E-state index contributed by atoms with van der Waals surface area (Å²) in [6, 6.07) is 0. The Labute approximate surface area is 144 Å². The normalized spacial score (nSPS) is 13.1. The third kappa shape index (κ3) is 16.7. The van der Waals surface area contributed by atoms with Gasteiger partial charge in [0.15, 0.2) is 0 Å². The van der Waals surface area contributed by atoms with Gasteiger partial charge < -0.3 is 5.11 Å². The SMILES string of the molecule is CCCCC/C=C/C/C=C/C/C=C/C(F)(F)/C=C/CCCC(=O)O. The molecular weight excluding hydrogens is 310 g/mol. The summed E-state index contributed by atoms with van der Waals surface area (Å²) in [5.74, 6) is -3.88. The zero-order valence-corrected chi connectivity index (χ0v) is 14.6. The van der Waals surface area contributed by atoms with Gasteiger partial charge in [0.25, 0.3) is 5.92 Å². The Bertz CT molecular complexity index is 435. The maximum absolute atomic E-state index is 13.5. The number of hydrogen-bond donors (Lipinski definition) is 1. The summed E-state index contributed by atoms with van der Waals surface area (Å²) in [6.45, 7) is 2.18. The van der Waals surface area contributed by atoms with E-state index in [1.165, 1.54) is 31.4 Å². The van der Waals surface area contributed by atoms with Crippen molar-refractivity contribution in [2.45, 2.75) is 70.6 Å². The second-order valence-electron chi connectivity index (χ2n) is 5.68. The van der Waals surface area contributed by atoms with E-state index in [0.717, 1.165) is 25.0 Å². The molecule has 4 heteroatoms. The van der Waals surface area contributed by atoms with Crippen molar-refractivity contribution >= 4 is 5.97 Å². The maximum atomic E-state index is 13.5. The summed E-state index contributed by atoms with van der Waals surface area (Å²) < 4.78 is 26.9. The minimum Gasteiger partial charge on any atom is -0.481 e. The van der Waals surface area contributed by atoms with E-state index in [1.54, 1.807) is 0 Å². The van der Waals surface area contributed by atoms with E-state index in [2.05, 4.69) is 19.1 Å². The van der Waals surface area contributed by atoms with Crippen LogP contribution in [0.3, 0.4) is 0 Å². The lowest BCUT2D eigenvalue weighted by Crippen LogP contribution is -2.06. The molecule has 0 spiro atoms. The van der Waals surface area contributed by atoms with Crippen molar-refractivity contribution in [2.75, 3.05) is 0 Å². The van der Waals surface area contributed by atoms with Gasteiger partial charge in [-0.2, -0.15) is 8.78 Å². The van der Waals surface area contributed by atoms with Crippen LogP contribution >= 0.6 is 0 Å². The molecule has 0 unspecified atom stereocenters. The summed E-state index contributed by atoms with van der Waals surface area (Å²) >= 11 is 0. The predicted molar refractivity (Wildman–Crippen MR) is 96.4 cm³/mol.